The zero-order chi connectivity index (χ0) is 19.5. The maximum atomic E-state index is 5.62. The van der Waals surface area contributed by atoms with Crippen LogP contribution in [0.3, 0.4) is 0 Å². The van der Waals surface area contributed by atoms with Crippen LogP contribution < -0.4 is 0 Å². The summed E-state index contributed by atoms with van der Waals surface area (Å²) >= 11 is 0. The molecule has 0 N–H and O–H groups in total. The Hall–Kier alpha value is -0.0400. The summed E-state index contributed by atoms with van der Waals surface area (Å²) in [5, 5.41) is 0. The predicted molar refractivity (Wildman–Crippen MR) is 119 cm³/mol. The van der Waals surface area contributed by atoms with Gasteiger partial charge >= 0.3 is 0 Å². The maximum absolute atomic E-state index is 5.62. The lowest BCUT2D eigenvalue weighted by Gasteiger charge is -2.35. The van der Waals surface area contributed by atoms with Crippen LogP contribution in [-0.4, -0.2) is 12.7 Å². The van der Waals surface area contributed by atoms with Crippen LogP contribution in [0.15, 0.2) is 0 Å². The molecule has 0 aromatic rings. The Balaban J connectivity index is 3.98. The van der Waals surface area contributed by atoms with E-state index < -0.39 is 0 Å². The third-order valence-corrected chi connectivity index (χ3v) is 5.98. The Kier molecular flexibility index (Phi) is 18.3. The van der Waals surface area contributed by atoms with E-state index in [1.54, 1.807) is 0 Å². The highest BCUT2D eigenvalue weighted by Gasteiger charge is 2.27. The van der Waals surface area contributed by atoms with Crippen molar-refractivity contribution in [2.24, 2.45) is 5.41 Å². The summed E-state index contributed by atoms with van der Waals surface area (Å²) in [6.07, 6.45) is 24.5. The van der Waals surface area contributed by atoms with E-state index in [1.807, 2.05) is 0 Å². The molecule has 1 heteroatoms. The van der Waals surface area contributed by atoms with Crippen LogP contribution in [0.1, 0.15) is 144 Å². The molecule has 1 nitrogen and oxygen atoms in total. The molecular formula is C25H52O. The van der Waals surface area contributed by atoms with Gasteiger partial charge in [0.05, 0.1) is 6.10 Å². The minimum Gasteiger partial charge on any atom is -0.379 e. The first-order chi connectivity index (χ1) is 12.6. The van der Waals surface area contributed by atoms with Crippen molar-refractivity contribution < 1.29 is 4.74 Å². The predicted octanol–water partition coefficient (Wildman–Crippen LogP) is 9.09. The average molecular weight is 369 g/mol. The van der Waals surface area contributed by atoms with Crippen LogP contribution in [-0.2, 0) is 4.74 Å². The van der Waals surface area contributed by atoms with Crippen LogP contribution in [0, 0.1) is 5.41 Å². The molecule has 0 radical (unpaired) electrons. The lowest BCUT2D eigenvalue weighted by Crippen LogP contribution is -2.21. The molecule has 0 unspecified atom stereocenters. The van der Waals surface area contributed by atoms with Crippen molar-refractivity contribution in [1.82, 2.24) is 0 Å². The first-order valence-electron chi connectivity index (χ1n) is 12.2. The topological polar surface area (TPSA) is 9.23 Å². The third-order valence-electron chi connectivity index (χ3n) is 5.98. The molecule has 158 valence electrons. The fourth-order valence-corrected chi connectivity index (χ4v) is 4.21. The largest absolute Gasteiger partial charge is 0.379 e. The van der Waals surface area contributed by atoms with Crippen molar-refractivity contribution in [2.75, 3.05) is 6.61 Å². The van der Waals surface area contributed by atoms with Gasteiger partial charge in [0.1, 0.15) is 0 Å². The lowest BCUT2D eigenvalue weighted by atomic mass is 9.71. The number of hydrogen-bond acceptors (Lipinski definition) is 1. The molecule has 0 aliphatic heterocycles. The Morgan fingerprint density at radius 1 is 0.538 bits per heavy atom. The second-order valence-electron chi connectivity index (χ2n) is 8.96. The maximum Gasteiger partial charge on any atom is 0.0518 e. The molecule has 0 aromatic heterocycles. The van der Waals surface area contributed by atoms with Crippen molar-refractivity contribution in [1.29, 1.82) is 0 Å². The van der Waals surface area contributed by atoms with Gasteiger partial charge in [0.15, 0.2) is 0 Å². The molecule has 0 atom stereocenters. The zero-order valence-corrected chi connectivity index (χ0v) is 19.2. The highest BCUT2D eigenvalue weighted by atomic mass is 16.5. The van der Waals surface area contributed by atoms with Crippen molar-refractivity contribution >= 4 is 0 Å². The molecule has 0 aliphatic carbocycles. The number of ether oxygens (including phenoxy) is 1. The number of unbranched alkanes of at least 4 members (excludes halogenated alkanes) is 9. The van der Waals surface area contributed by atoms with E-state index in [1.165, 1.54) is 109 Å². The minimum absolute atomic E-state index is 0.392. The van der Waals surface area contributed by atoms with E-state index in [9.17, 15) is 0 Å². The van der Waals surface area contributed by atoms with Crippen molar-refractivity contribution in [3.8, 4) is 0 Å². The standard InChI is InChI=1S/C25H52O/c1-6-9-19-25(20-10-7-2,21-11-8-3)22-17-15-13-12-14-16-18-23-26-24(4)5/h24H,6-23H2,1-5H3. The van der Waals surface area contributed by atoms with Gasteiger partial charge in [0.2, 0.25) is 0 Å². The van der Waals surface area contributed by atoms with E-state index >= 15 is 0 Å². The fourth-order valence-electron chi connectivity index (χ4n) is 4.21. The van der Waals surface area contributed by atoms with Crippen LogP contribution >= 0.6 is 0 Å². The quantitative estimate of drug-likeness (QED) is 0.195. The summed E-state index contributed by atoms with van der Waals surface area (Å²) in [7, 11) is 0. The number of rotatable bonds is 20. The van der Waals surface area contributed by atoms with Gasteiger partial charge in [-0.15, -0.1) is 0 Å². The Morgan fingerprint density at radius 2 is 0.923 bits per heavy atom. The van der Waals surface area contributed by atoms with E-state index in [0.29, 0.717) is 11.5 Å². The Morgan fingerprint density at radius 3 is 1.35 bits per heavy atom. The molecule has 0 rings (SSSR count). The fraction of sp³-hybridized carbons (Fsp3) is 1.00. The molecule has 0 fully saturated rings. The summed E-state index contributed by atoms with van der Waals surface area (Å²) < 4.78 is 5.62. The lowest BCUT2D eigenvalue weighted by molar-refractivity contribution is 0.0756. The van der Waals surface area contributed by atoms with Gasteiger partial charge in [-0.05, 0) is 51.4 Å². The highest BCUT2D eigenvalue weighted by Crippen LogP contribution is 2.41. The summed E-state index contributed by atoms with van der Waals surface area (Å²) in [4.78, 5) is 0. The first kappa shape index (κ1) is 26.0. The van der Waals surface area contributed by atoms with Crippen molar-refractivity contribution in [2.45, 2.75) is 150 Å². The Labute approximate surface area is 167 Å². The molecular weight excluding hydrogens is 316 g/mol. The molecule has 26 heavy (non-hydrogen) atoms. The normalized spacial score (nSPS) is 12.2. The third kappa shape index (κ3) is 15.1. The minimum atomic E-state index is 0.392. The molecule has 0 amide bonds. The smallest absolute Gasteiger partial charge is 0.0518 e. The molecule has 0 aliphatic rings. The van der Waals surface area contributed by atoms with Crippen LogP contribution in [0.25, 0.3) is 0 Å². The second-order valence-corrected chi connectivity index (χ2v) is 8.96. The highest BCUT2D eigenvalue weighted by molar-refractivity contribution is 4.79. The van der Waals surface area contributed by atoms with Crippen molar-refractivity contribution in [3.05, 3.63) is 0 Å². The SMILES string of the molecule is CCCCC(CCCC)(CCCC)CCCCCCCCCOC(C)C. The van der Waals surface area contributed by atoms with E-state index in [-0.39, 0.29) is 0 Å². The Bertz CT molecular complexity index is 250. The molecule has 0 saturated heterocycles. The zero-order valence-electron chi connectivity index (χ0n) is 19.2. The van der Waals surface area contributed by atoms with Gasteiger partial charge in [-0.25, -0.2) is 0 Å². The van der Waals surface area contributed by atoms with Gasteiger partial charge in [0.25, 0.3) is 0 Å². The van der Waals surface area contributed by atoms with E-state index in [2.05, 4.69) is 34.6 Å². The van der Waals surface area contributed by atoms with E-state index in [4.69, 9.17) is 4.74 Å². The van der Waals surface area contributed by atoms with Gasteiger partial charge in [-0.3, -0.25) is 0 Å². The first-order valence-corrected chi connectivity index (χ1v) is 12.2. The number of hydrogen-bond donors (Lipinski definition) is 0. The summed E-state index contributed by atoms with van der Waals surface area (Å²) in [5.74, 6) is 0. The second kappa shape index (κ2) is 18.3. The van der Waals surface area contributed by atoms with Gasteiger partial charge < -0.3 is 4.74 Å². The monoisotopic (exact) mass is 368 g/mol. The van der Waals surface area contributed by atoms with Gasteiger partial charge in [0, 0.05) is 6.61 Å². The van der Waals surface area contributed by atoms with Crippen LogP contribution in [0.2, 0.25) is 0 Å². The summed E-state index contributed by atoms with van der Waals surface area (Å²) in [5.41, 5.74) is 0.677. The van der Waals surface area contributed by atoms with E-state index in [0.717, 1.165) is 6.61 Å². The van der Waals surface area contributed by atoms with Gasteiger partial charge in [-0.2, -0.15) is 0 Å². The van der Waals surface area contributed by atoms with Gasteiger partial charge in [-0.1, -0.05) is 97.8 Å². The molecule has 0 saturated carbocycles. The van der Waals surface area contributed by atoms with Crippen molar-refractivity contribution in [3.63, 3.8) is 0 Å². The molecule has 0 bridgehead atoms. The summed E-state index contributed by atoms with van der Waals surface area (Å²) in [6.45, 7) is 12.3. The summed E-state index contributed by atoms with van der Waals surface area (Å²) in [6, 6.07) is 0. The van der Waals surface area contributed by atoms with Crippen LogP contribution in [0.5, 0.6) is 0 Å². The average Bonchev–Trinajstić information content (AvgIpc) is 2.63. The molecule has 0 heterocycles. The molecule has 0 spiro atoms. The molecule has 0 aromatic carbocycles. The van der Waals surface area contributed by atoms with Crippen LogP contribution in [0.4, 0.5) is 0 Å².